The summed E-state index contributed by atoms with van der Waals surface area (Å²) >= 11 is 3.03. The zero-order valence-electron chi connectivity index (χ0n) is 10.9. The number of carbonyl (C=O) groups excluding carboxylic acids is 1. The van der Waals surface area contributed by atoms with Crippen LogP contribution in [0.5, 0.6) is 0 Å². The lowest BCUT2D eigenvalue weighted by Crippen LogP contribution is -2.32. The molecule has 0 aliphatic heterocycles. The summed E-state index contributed by atoms with van der Waals surface area (Å²) in [4.78, 5) is 12.4. The largest absolute Gasteiger partial charge is 0.299 e. The van der Waals surface area contributed by atoms with E-state index < -0.39 is 17.0 Å². The standard InChI is InChI=1S/C15H17BrF2O/c1-15(7-3-2-4-8-15)13(19)9-10-12(17)6-5-11(16)14(10)18/h5-6H,2-4,7-9H2,1H3. The van der Waals surface area contributed by atoms with Crippen LogP contribution >= 0.6 is 15.9 Å². The lowest BCUT2D eigenvalue weighted by atomic mass is 9.71. The van der Waals surface area contributed by atoms with Gasteiger partial charge in [-0.3, -0.25) is 4.79 Å². The van der Waals surface area contributed by atoms with Gasteiger partial charge in [-0.1, -0.05) is 26.2 Å². The molecule has 19 heavy (non-hydrogen) atoms. The van der Waals surface area contributed by atoms with Gasteiger partial charge in [-0.05, 0) is 40.9 Å². The van der Waals surface area contributed by atoms with E-state index in [1.54, 1.807) is 0 Å². The van der Waals surface area contributed by atoms with Gasteiger partial charge in [0.05, 0.1) is 4.47 Å². The smallest absolute Gasteiger partial charge is 0.143 e. The average molecular weight is 331 g/mol. The predicted molar refractivity (Wildman–Crippen MR) is 74.0 cm³/mol. The van der Waals surface area contributed by atoms with Crippen LogP contribution in [0.25, 0.3) is 0 Å². The molecule has 1 saturated carbocycles. The van der Waals surface area contributed by atoms with Crippen LogP contribution in [0.2, 0.25) is 0 Å². The Balaban J connectivity index is 2.21. The number of ketones is 1. The second kappa shape index (κ2) is 5.70. The average Bonchev–Trinajstić information content (AvgIpc) is 2.40. The fraction of sp³-hybridized carbons (Fsp3) is 0.533. The summed E-state index contributed by atoms with van der Waals surface area (Å²) in [6.45, 7) is 1.92. The van der Waals surface area contributed by atoms with Crippen LogP contribution in [-0.2, 0) is 11.2 Å². The van der Waals surface area contributed by atoms with Crippen molar-refractivity contribution in [3.8, 4) is 0 Å². The molecule has 1 fully saturated rings. The second-order valence-electron chi connectivity index (χ2n) is 5.54. The highest BCUT2D eigenvalue weighted by atomic mass is 79.9. The van der Waals surface area contributed by atoms with Crippen molar-refractivity contribution in [2.45, 2.75) is 45.4 Å². The van der Waals surface area contributed by atoms with Gasteiger partial charge >= 0.3 is 0 Å². The normalized spacial score (nSPS) is 18.3. The second-order valence-corrected chi connectivity index (χ2v) is 6.40. The number of halogens is 3. The summed E-state index contributed by atoms with van der Waals surface area (Å²) in [6, 6.07) is 2.51. The zero-order valence-corrected chi connectivity index (χ0v) is 12.5. The molecule has 0 amide bonds. The van der Waals surface area contributed by atoms with Gasteiger partial charge in [-0.25, -0.2) is 8.78 Å². The molecule has 104 valence electrons. The Bertz CT molecular complexity index is 493. The minimum atomic E-state index is -0.659. The third kappa shape index (κ3) is 3.04. The number of hydrogen-bond donors (Lipinski definition) is 0. The molecule has 4 heteroatoms. The fourth-order valence-electron chi connectivity index (χ4n) is 2.72. The summed E-state index contributed by atoms with van der Waals surface area (Å²) in [7, 11) is 0. The third-order valence-electron chi connectivity index (χ3n) is 4.11. The lowest BCUT2D eigenvalue weighted by Gasteiger charge is -2.32. The Hall–Kier alpha value is -0.770. The molecule has 1 aromatic rings. The molecule has 0 atom stereocenters. The molecule has 2 rings (SSSR count). The van der Waals surface area contributed by atoms with Crippen molar-refractivity contribution < 1.29 is 13.6 Å². The Morgan fingerprint density at radius 1 is 1.26 bits per heavy atom. The van der Waals surface area contributed by atoms with Crippen LogP contribution in [0.4, 0.5) is 8.78 Å². The molecule has 0 aromatic heterocycles. The fourth-order valence-corrected chi connectivity index (χ4v) is 3.09. The summed E-state index contributed by atoms with van der Waals surface area (Å²) in [5, 5.41) is 0. The Morgan fingerprint density at radius 3 is 2.53 bits per heavy atom. The van der Waals surface area contributed by atoms with Crippen molar-refractivity contribution in [1.29, 1.82) is 0 Å². The molecular formula is C15H17BrF2O. The highest BCUT2D eigenvalue weighted by Gasteiger charge is 2.35. The first-order chi connectivity index (χ1) is 8.94. The number of Topliss-reactive ketones (excluding diaryl/α,β-unsaturated/α-hetero) is 1. The first kappa shape index (κ1) is 14.6. The SMILES string of the molecule is CC1(C(=O)Cc2c(F)ccc(Br)c2F)CCCCC1. The maximum absolute atomic E-state index is 13.9. The summed E-state index contributed by atoms with van der Waals surface area (Å²) in [5.74, 6) is -1.36. The monoisotopic (exact) mass is 330 g/mol. The molecule has 1 nitrogen and oxygen atoms in total. The van der Waals surface area contributed by atoms with Gasteiger partial charge < -0.3 is 0 Å². The molecule has 0 saturated heterocycles. The molecule has 0 heterocycles. The molecule has 1 aromatic carbocycles. The first-order valence-electron chi connectivity index (χ1n) is 6.60. The van der Waals surface area contributed by atoms with Gasteiger partial charge in [0, 0.05) is 17.4 Å². The number of benzene rings is 1. The van der Waals surface area contributed by atoms with Crippen LogP contribution in [-0.4, -0.2) is 5.78 Å². The van der Waals surface area contributed by atoms with Crippen LogP contribution in [0.1, 0.15) is 44.6 Å². The van der Waals surface area contributed by atoms with Crippen molar-refractivity contribution >= 4 is 21.7 Å². The summed E-state index contributed by atoms with van der Waals surface area (Å²) in [6.07, 6.45) is 4.67. The molecule has 0 unspecified atom stereocenters. The zero-order chi connectivity index (χ0) is 14.0. The van der Waals surface area contributed by atoms with E-state index in [4.69, 9.17) is 0 Å². The Labute approximate surface area is 120 Å². The van der Waals surface area contributed by atoms with Crippen molar-refractivity contribution in [2.24, 2.45) is 5.41 Å². The predicted octanol–water partition coefficient (Wildman–Crippen LogP) is 4.81. The van der Waals surface area contributed by atoms with Crippen LogP contribution in [0, 0.1) is 17.0 Å². The van der Waals surface area contributed by atoms with Gasteiger partial charge in [0.15, 0.2) is 0 Å². The van der Waals surface area contributed by atoms with Gasteiger partial charge in [0.1, 0.15) is 17.4 Å². The number of hydrogen-bond acceptors (Lipinski definition) is 1. The molecule has 0 bridgehead atoms. The van der Waals surface area contributed by atoms with E-state index in [0.717, 1.165) is 32.1 Å². The Kier molecular flexibility index (Phi) is 4.39. The minimum absolute atomic E-state index is 0.0527. The third-order valence-corrected chi connectivity index (χ3v) is 4.72. The molecular weight excluding hydrogens is 314 g/mol. The first-order valence-corrected chi connectivity index (χ1v) is 7.39. The van der Waals surface area contributed by atoms with Crippen LogP contribution in [0.3, 0.4) is 0 Å². The van der Waals surface area contributed by atoms with Crippen LogP contribution in [0.15, 0.2) is 16.6 Å². The quantitative estimate of drug-likeness (QED) is 0.727. The van der Waals surface area contributed by atoms with Gasteiger partial charge in [0.2, 0.25) is 0 Å². The summed E-state index contributed by atoms with van der Waals surface area (Å²) in [5.41, 5.74) is -0.536. The van der Waals surface area contributed by atoms with E-state index in [-0.39, 0.29) is 22.2 Å². The van der Waals surface area contributed by atoms with E-state index in [1.807, 2.05) is 6.92 Å². The minimum Gasteiger partial charge on any atom is -0.299 e. The molecule has 1 aliphatic carbocycles. The van der Waals surface area contributed by atoms with E-state index >= 15 is 0 Å². The van der Waals surface area contributed by atoms with E-state index in [1.165, 1.54) is 12.1 Å². The molecule has 0 N–H and O–H groups in total. The van der Waals surface area contributed by atoms with Crippen LogP contribution < -0.4 is 0 Å². The van der Waals surface area contributed by atoms with E-state index in [2.05, 4.69) is 15.9 Å². The highest BCUT2D eigenvalue weighted by Crippen LogP contribution is 2.38. The number of carbonyl (C=O) groups is 1. The van der Waals surface area contributed by atoms with Gasteiger partial charge in [0.25, 0.3) is 0 Å². The Morgan fingerprint density at radius 2 is 1.89 bits per heavy atom. The lowest BCUT2D eigenvalue weighted by molar-refractivity contribution is -0.129. The van der Waals surface area contributed by atoms with Crippen molar-refractivity contribution in [2.75, 3.05) is 0 Å². The van der Waals surface area contributed by atoms with E-state index in [0.29, 0.717) is 0 Å². The topological polar surface area (TPSA) is 17.1 Å². The highest BCUT2D eigenvalue weighted by molar-refractivity contribution is 9.10. The molecule has 1 aliphatic rings. The van der Waals surface area contributed by atoms with Gasteiger partial charge in [-0.2, -0.15) is 0 Å². The van der Waals surface area contributed by atoms with E-state index in [9.17, 15) is 13.6 Å². The maximum atomic E-state index is 13.9. The van der Waals surface area contributed by atoms with Crippen molar-refractivity contribution in [1.82, 2.24) is 0 Å². The van der Waals surface area contributed by atoms with Crippen molar-refractivity contribution in [3.05, 3.63) is 33.8 Å². The molecule has 0 radical (unpaired) electrons. The molecule has 0 spiro atoms. The number of rotatable bonds is 3. The summed E-state index contributed by atoms with van der Waals surface area (Å²) < 4.78 is 27.7. The van der Waals surface area contributed by atoms with Gasteiger partial charge in [-0.15, -0.1) is 0 Å². The maximum Gasteiger partial charge on any atom is 0.143 e. The van der Waals surface area contributed by atoms with Crippen molar-refractivity contribution in [3.63, 3.8) is 0 Å².